The van der Waals surface area contributed by atoms with Crippen LogP contribution in [0.1, 0.15) is 49.6 Å². The number of nitrogens with two attached hydrogens (primary N) is 1. The summed E-state index contributed by atoms with van der Waals surface area (Å²) in [4.78, 5) is 25.0. The van der Waals surface area contributed by atoms with E-state index in [-0.39, 0.29) is 12.3 Å². The van der Waals surface area contributed by atoms with Crippen LogP contribution in [0.3, 0.4) is 0 Å². The molecule has 0 spiro atoms. The number of urea groups is 1. The predicted molar refractivity (Wildman–Crippen MR) is 106 cm³/mol. The third kappa shape index (κ3) is 4.99. The maximum absolute atomic E-state index is 12.8. The molecule has 7 heteroatoms. The summed E-state index contributed by atoms with van der Waals surface area (Å²) < 4.78 is 0. The molecule has 0 fully saturated rings. The van der Waals surface area contributed by atoms with Gasteiger partial charge in [0, 0.05) is 9.90 Å². The van der Waals surface area contributed by atoms with Crippen LogP contribution in [0.4, 0.5) is 4.79 Å². The molecule has 0 radical (unpaired) electrons. The molecule has 0 aliphatic heterocycles. The largest absolute Gasteiger partial charge is 0.352 e. The number of rotatable bonds is 8. The van der Waals surface area contributed by atoms with E-state index in [1.165, 1.54) is 11.3 Å². The SMILES string of the molecule is CCC(CC)(NC(=O)CC(NC(N)=O)c1cccs1)c1ccc(Cl)cc1. The summed E-state index contributed by atoms with van der Waals surface area (Å²) in [5, 5.41) is 8.37. The zero-order chi connectivity index (χ0) is 19.2. The van der Waals surface area contributed by atoms with E-state index in [2.05, 4.69) is 10.6 Å². The van der Waals surface area contributed by atoms with Gasteiger partial charge in [0.2, 0.25) is 5.91 Å². The summed E-state index contributed by atoms with van der Waals surface area (Å²) in [6, 6.07) is 10.2. The monoisotopic (exact) mass is 393 g/mol. The molecule has 26 heavy (non-hydrogen) atoms. The number of hydrogen-bond donors (Lipinski definition) is 3. The molecule has 1 aromatic carbocycles. The van der Waals surface area contributed by atoms with Crippen molar-refractivity contribution in [1.82, 2.24) is 10.6 Å². The van der Waals surface area contributed by atoms with Crippen LogP contribution in [0.15, 0.2) is 41.8 Å². The molecule has 0 bridgehead atoms. The maximum atomic E-state index is 12.8. The number of thiophene rings is 1. The minimum absolute atomic E-state index is 0.124. The summed E-state index contributed by atoms with van der Waals surface area (Å²) >= 11 is 7.47. The minimum Gasteiger partial charge on any atom is -0.352 e. The van der Waals surface area contributed by atoms with Gasteiger partial charge in [-0.25, -0.2) is 4.79 Å². The number of nitrogens with one attached hydrogen (secondary N) is 2. The van der Waals surface area contributed by atoms with Gasteiger partial charge in [-0.1, -0.05) is 43.6 Å². The third-order valence-corrected chi connectivity index (χ3v) is 5.81. The van der Waals surface area contributed by atoms with E-state index in [4.69, 9.17) is 17.3 Å². The zero-order valence-electron chi connectivity index (χ0n) is 14.9. The topological polar surface area (TPSA) is 84.2 Å². The first-order valence-corrected chi connectivity index (χ1v) is 9.82. The Morgan fingerprint density at radius 1 is 1.19 bits per heavy atom. The van der Waals surface area contributed by atoms with Gasteiger partial charge in [-0.3, -0.25) is 4.79 Å². The van der Waals surface area contributed by atoms with Gasteiger partial charge in [-0.15, -0.1) is 11.3 Å². The van der Waals surface area contributed by atoms with E-state index in [9.17, 15) is 9.59 Å². The molecular weight excluding hydrogens is 370 g/mol. The minimum atomic E-state index is -0.647. The van der Waals surface area contributed by atoms with Crippen LogP contribution < -0.4 is 16.4 Å². The van der Waals surface area contributed by atoms with E-state index in [1.54, 1.807) is 0 Å². The molecule has 3 amide bonds. The molecule has 5 nitrogen and oxygen atoms in total. The Labute approximate surface area is 162 Å². The Morgan fingerprint density at radius 2 is 1.85 bits per heavy atom. The van der Waals surface area contributed by atoms with Gasteiger partial charge in [0.1, 0.15) is 0 Å². The van der Waals surface area contributed by atoms with Gasteiger partial charge in [0.05, 0.1) is 18.0 Å². The van der Waals surface area contributed by atoms with Gasteiger partial charge >= 0.3 is 6.03 Å². The third-order valence-electron chi connectivity index (χ3n) is 4.58. The Balaban J connectivity index is 2.18. The summed E-state index contributed by atoms with van der Waals surface area (Å²) in [5.41, 5.74) is 5.80. The second-order valence-electron chi connectivity index (χ2n) is 6.13. The van der Waals surface area contributed by atoms with Crippen molar-refractivity contribution in [3.8, 4) is 0 Å². The summed E-state index contributed by atoms with van der Waals surface area (Å²) in [6.45, 7) is 4.08. The van der Waals surface area contributed by atoms with Crippen molar-refractivity contribution in [1.29, 1.82) is 0 Å². The molecule has 2 rings (SSSR count). The molecule has 1 aromatic heterocycles. The molecule has 140 valence electrons. The van der Waals surface area contributed by atoms with Crippen molar-refractivity contribution in [2.75, 3.05) is 0 Å². The highest BCUT2D eigenvalue weighted by molar-refractivity contribution is 7.10. The number of hydrogen-bond acceptors (Lipinski definition) is 3. The smallest absolute Gasteiger partial charge is 0.312 e. The fourth-order valence-corrected chi connectivity index (χ4v) is 3.97. The van der Waals surface area contributed by atoms with Gasteiger partial charge in [0.15, 0.2) is 0 Å². The highest BCUT2D eigenvalue weighted by Gasteiger charge is 2.31. The lowest BCUT2D eigenvalue weighted by Gasteiger charge is -2.34. The number of benzene rings is 1. The first-order valence-electron chi connectivity index (χ1n) is 8.56. The molecule has 0 saturated carbocycles. The Hall–Kier alpha value is -2.05. The normalized spacial score (nSPS) is 12.4. The lowest BCUT2D eigenvalue weighted by molar-refractivity contribution is -0.123. The van der Waals surface area contributed by atoms with Crippen molar-refractivity contribution in [2.24, 2.45) is 5.73 Å². The van der Waals surface area contributed by atoms with E-state index in [1.807, 2.05) is 55.6 Å². The number of carbonyl (C=O) groups excluding carboxylic acids is 2. The standard InChI is InChI=1S/C19H24ClN3O2S/c1-3-19(4-2,13-7-9-14(20)10-8-13)23-17(24)12-15(22-18(21)25)16-6-5-11-26-16/h5-11,15H,3-4,12H2,1-2H3,(H,23,24)(H3,21,22,25). The quantitative estimate of drug-likeness (QED) is 0.623. The molecule has 0 aliphatic carbocycles. The van der Waals surface area contributed by atoms with Crippen LogP contribution in [-0.4, -0.2) is 11.9 Å². The van der Waals surface area contributed by atoms with E-state index in [0.29, 0.717) is 5.02 Å². The molecular formula is C19H24ClN3O2S. The fraction of sp³-hybridized carbons (Fsp3) is 0.368. The molecule has 2 aromatic rings. The molecule has 0 aliphatic rings. The molecule has 1 atom stereocenters. The highest BCUT2D eigenvalue weighted by Crippen LogP contribution is 2.31. The van der Waals surface area contributed by atoms with Crippen molar-refractivity contribution < 1.29 is 9.59 Å². The Kier molecular flexibility index (Phi) is 7.06. The van der Waals surface area contributed by atoms with E-state index < -0.39 is 17.6 Å². The Morgan fingerprint density at radius 3 is 2.35 bits per heavy atom. The van der Waals surface area contributed by atoms with E-state index >= 15 is 0 Å². The van der Waals surface area contributed by atoms with Crippen molar-refractivity contribution in [2.45, 2.75) is 44.7 Å². The second kappa shape index (κ2) is 9.05. The number of halogens is 1. The van der Waals surface area contributed by atoms with Crippen LogP contribution in [-0.2, 0) is 10.3 Å². The van der Waals surface area contributed by atoms with E-state index in [0.717, 1.165) is 23.3 Å². The van der Waals surface area contributed by atoms with Crippen molar-refractivity contribution in [3.05, 3.63) is 57.2 Å². The van der Waals surface area contributed by atoms with Crippen molar-refractivity contribution in [3.63, 3.8) is 0 Å². The summed E-state index contributed by atoms with van der Waals surface area (Å²) in [6.07, 6.45) is 1.60. The maximum Gasteiger partial charge on any atom is 0.312 e. The van der Waals surface area contributed by atoms with Crippen LogP contribution >= 0.6 is 22.9 Å². The van der Waals surface area contributed by atoms with Gasteiger partial charge in [-0.2, -0.15) is 0 Å². The van der Waals surface area contributed by atoms with Gasteiger partial charge in [0.25, 0.3) is 0 Å². The molecule has 1 heterocycles. The fourth-order valence-electron chi connectivity index (χ4n) is 3.06. The zero-order valence-corrected chi connectivity index (χ0v) is 16.5. The Bertz CT molecular complexity index is 728. The molecule has 1 unspecified atom stereocenters. The summed E-state index contributed by atoms with van der Waals surface area (Å²) in [7, 11) is 0. The lowest BCUT2D eigenvalue weighted by atomic mass is 9.84. The lowest BCUT2D eigenvalue weighted by Crippen LogP contribution is -2.46. The first-order chi connectivity index (χ1) is 12.4. The highest BCUT2D eigenvalue weighted by atomic mass is 35.5. The first kappa shape index (κ1) is 20.3. The average molecular weight is 394 g/mol. The van der Waals surface area contributed by atoms with Gasteiger partial charge < -0.3 is 16.4 Å². The molecule has 0 saturated heterocycles. The number of primary amides is 1. The molecule has 4 N–H and O–H groups in total. The van der Waals surface area contributed by atoms with Crippen LogP contribution in [0.2, 0.25) is 5.02 Å². The second-order valence-corrected chi connectivity index (χ2v) is 7.54. The van der Waals surface area contributed by atoms with Crippen LogP contribution in [0.5, 0.6) is 0 Å². The summed E-state index contributed by atoms with van der Waals surface area (Å²) in [5.74, 6) is -0.143. The predicted octanol–water partition coefficient (Wildman–Crippen LogP) is 4.33. The average Bonchev–Trinajstić information content (AvgIpc) is 3.14. The number of carbonyl (C=O) groups is 2. The number of amides is 3. The van der Waals surface area contributed by atoms with Gasteiger partial charge in [-0.05, 0) is 42.0 Å². The van der Waals surface area contributed by atoms with Crippen molar-refractivity contribution >= 4 is 34.9 Å². The van der Waals surface area contributed by atoms with Crippen LogP contribution in [0.25, 0.3) is 0 Å². The van der Waals surface area contributed by atoms with Crippen LogP contribution in [0, 0.1) is 0 Å².